The van der Waals surface area contributed by atoms with Crippen molar-refractivity contribution in [1.82, 2.24) is 9.97 Å². The van der Waals surface area contributed by atoms with Crippen molar-refractivity contribution in [1.29, 1.82) is 0 Å². The molecule has 0 unspecified atom stereocenters. The number of hydrogen-bond donors (Lipinski definition) is 0. The number of ether oxygens (including phenoxy) is 2. The molecule has 0 radical (unpaired) electrons. The molecule has 1 aromatic carbocycles. The largest absolute Gasteiger partial charge is 0.496 e. The van der Waals surface area contributed by atoms with E-state index in [1.165, 1.54) is 0 Å². The minimum Gasteiger partial charge on any atom is -0.496 e. The van der Waals surface area contributed by atoms with Crippen LogP contribution in [0.15, 0.2) is 27.3 Å². The van der Waals surface area contributed by atoms with Gasteiger partial charge in [0.05, 0.1) is 21.9 Å². The lowest BCUT2D eigenvalue weighted by molar-refractivity contribution is 0.406. The number of nitrogens with zero attached hydrogens (tertiary/aromatic N) is 2. The van der Waals surface area contributed by atoms with Crippen LogP contribution in [0.25, 0.3) is 0 Å². The van der Waals surface area contributed by atoms with E-state index in [-0.39, 0.29) is 6.01 Å². The smallest absolute Gasteiger partial charge is 0.322 e. The van der Waals surface area contributed by atoms with Gasteiger partial charge in [-0.15, -0.1) is 11.6 Å². The molecule has 0 aliphatic carbocycles. The van der Waals surface area contributed by atoms with E-state index in [1.807, 2.05) is 6.92 Å². The maximum absolute atomic E-state index is 5.78. The van der Waals surface area contributed by atoms with E-state index in [4.69, 9.17) is 21.1 Å². The van der Waals surface area contributed by atoms with Crippen molar-refractivity contribution >= 4 is 43.5 Å². The number of alkyl halides is 1. The Labute approximate surface area is 138 Å². The molecule has 2 aromatic rings. The molecule has 0 saturated heterocycles. The molecule has 1 aromatic heterocycles. The van der Waals surface area contributed by atoms with Crippen LogP contribution in [0, 0.1) is 6.92 Å². The Morgan fingerprint density at radius 2 is 1.85 bits per heavy atom. The van der Waals surface area contributed by atoms with Crippen LogP contribution in [0.4, 0.5) is 0 Å². The molecule has 0 aliphatic heterocycles. The van der Waals surface area contributed by atoms with E-state index >= 15 is 0 Å². The normalized spacial score (nSPS) is 10.4. The van der Waals surface area contributed by atoms with Gasteiger partial charge in [-0.3, -0.25) is 0 Å². The Morgan fingerprint density at radius 1 is 1.20 bits per heavy atom. The second kappa shape index (κ2) is 6.74. The molecule has 20 heavy (non-hydrogen) atoms. The van der Waals surface area contributed by atoms with Gasteiger partial charge >= 0.3 is 6.01 Å². The third kappa shape index (κ3) is 3.42. The van der Waals surface area contributed by atoms with E-state index in [2.05, 4.69) is 41.8 Å². The number of aromatic nitrogens is 2. The van der Waals surface area contributed by atoms with Crippen LogP contribution < -0.4 is 9.47 Å². The number of benzene rings is 1. The summed E-state index contributed by atoms with van der Waals surface area (Å²) in [6, 6.07) is 3.87. The van der Waals surface area contributed by atoms with Gasteiger partial charge in [0.1, 0.15) is 11.5 Å². The number of methoxy groups -OCH3 is 1. The molecule has 0 fully saturated rings. The Bertz CT molecular complexity index is 638. The Balaban J connectivity index is 2.30. The molecule has 106 valence electrons. The highest BCUT2D eigenvalue weighted by atomic mass is 79.9. The third-order valence-corrected chi connectivity index (χ3v) is 4.14. The Kier molecular flexibility index (Phi) is 5.23. The van der Waals surface area contributed by atoms with Crippen molar-refractivity contribution in [3.63, 3.8) is 0 Å². The van der Waals surface area contributed by atoms with Crippen molar-refractivity contribution in [3.05, 3.63) is 38.5 Å². The van der Waals surface area contributed by atoms with Crippen molar-refractivity contribution in [3.8, 4) is 17.5 Å². The van der Waals surface area contributed by atoms with Gasteiger partial charge in [-0.1, -0.05) is 0 Å². The van der Waals surface area contributed by atoms with Crippen molar-refractivity contribution in [2.75, 3.05) is 7.11 Å². The molecule has 0 bridgehead atoms. The van der Waals surface area contributed by atoms with Gasteiger partial charge in [-0.05, 0) is 44.8 Å². The fraction of sp³-hybridized carbons (Fsp3) is 0.231. The van der Waals surface area contributed by atoms with Crippen LogP contribution in [0.1, 0.15) is 11.3 Å². The standard InChI is InChI=1S/C13H11Br2ClN2O2/c1-7-8(5-16)6-17-13(18-7)20-12-4-9(14)11(19-2)3-10(12)15/h3-4,6H,5H2,1-2H3. The highest BCUT2D eigenvalue weighted by Crippen LogP contribution is 2.37. The van der Waals surface area contributed by atoms with Crippen molar-refractivity contribution in [2.45, 2.75) is 12.8 Å². The molecule has 2 rings (SSSR count). The van der Waals surface area contributed by atoms with E-state index in [0.717, 1.165) is 20.2 Å². The average Bonchev–Trinajstić information content (AvgIpc) is 2.42. The maximum atomic E-state index is 5.78. The first kappa shape index (κ1) is 15.5. The summed E-state index contributed by atoms with van der Waals surface area (Å²) in [7, 11) is 1.60. The number of rotatable bonds is 4. The first-order valence-electron chi connectivity index (χ1n) is 5.64. The quantitative estimate of drug-likeness (QED) is 0.661. The number of halogens is 3. The number of hydrogen-bond acceptors (Lipinski definition) is 4. The van der Waals surface area contributed by atoms with Gasteiger partial charge < -0.3 is 9.47 Å². The SMILES string of the molecule is COc1cc(Br)c(Oc2ncc(CCl)c(C)n2)cc1Br. The molecular weight excluding hydrogens is 411 g/mol. The average molecular weight is 423 g/mol. The minimum atomic E-state index is 0.272. The van der Waals surface area contributed by atoms with Crippen LogP contribution >= 0.6 is 43.5 Å². The van der Waals surface area contributed by atoms with E-state index in [1.54, 1.807) is 25.4 Å². The summed E-state index contributed by atoms with van der Waals surface area (Å²) in [6.07, 6.45) is 1.66. The van der Waals surface area contributed by atoms with Gasteiger partial charge in [0, 0.05) is 23.5 Å². The summed E-state index contributed by atoms with van der Waals surface area (Å²) in [5, 5.41) is 0. The van der Waals surface area contributed by atoms with E-state index < -0.39 is 0 Å². The lowest BCUT2D eigenvalue weighted by Gasteiger charge is -2.10. The summed E-state index contributed by atoms with van der Waals surface area (Å²) in [5.74, 6) is 1.68. The molecular formula is C13H11Br2ClN2O2. The molecule has 1 heterocycles. The summed E-state index contributed by atoms with van der Waals surface area (Å²) in [6.45, 7) is 1.87. The molecule has 4 nitrogen and oxygen atoms in total. The summed E-state index contributed by atoms with van der Waals surface area (Å²) in [5.41, 5.74) is 1.68. The molecule has 0 aliphatic rings. The Morgan fingerprint density at radius 3 is 2.45 bits per heavy atom. The summed E-state index contributed by atoms with van der Waals surface area (Å²) >= 11 is 12.6. The first-order valence-corrected chi connectivity index (χ1v) is 7.76. The Hall–Kier alpha value is -0.850. The number of aryl methyl sites for hydroxylation is 1. The van der Waals surface area contributed by atoms with Crippen LogP contribution in [0.2, 0.25) is 0 Å². The van der Waals surface area contributed by atoms with Gasteiger partial charge in [0.2, 0.25) is 0 Å². The lowest BCUT2D eigenvalue weighted by atomic mass is 10.3. The minimum absolute atomic E-state index is 0.272. The third-order valence-electron chi connectivity index (χ3n) is 2.61. The van der Waals surface area contributed by atoms with Crippen LogP contribution in [-0.4, -0.2) is 17.1 Å². The van der Waals surface area contributed by atoms with Crippen LogP contribution in [0.5, 0.6) is 17.5 Å². The lowest BCUT2D eigenvalue weighted by Crippen LogP contribution is -1.98. The zero-order valence-electron chi connectivity index (χ0n) is 10.8. The monoisotopic (exact) mass is 420 g/mol. The predicted molar refractivity (Wildman–Crippen MR) is 84.8 cm³/mol. The zero-order valence-corrected chi connectivity index (χ0v) is 14.7. The molecule has 0 spiro atoms. The fourth-order valence-electron chi connectivity index (χ4n) is 1.49. The summed E-state index contributed by atoms with van der Waals surface area (Å²) in [4.78, 5) is 8.40. The topological polar surface area (TPSA) is 44.2 Å². The maximum Gasteiger partial charge on any atom is 0.322 e. The second-order valence-electron chi connectivity index (χ2n) is 3.92. The van der Waals surface area contributed by atoms with E-state index in [0.29, 0.717) is 17.4 Å². The zero-order chi connectivity index (χ0) is 14.7. The van der Waals surface area contributed by atoms with Gasteiger partial charge in [-0.25, -0.2) is 4.98 Å². The van der Waals surface area contributed by atoms with E-state index in [9.17, 15) is 0 Å². The molecule has 0 amide bonds. The highest BCUT2D eigenvalue weighted by Gasteiger charge is 2.11. The first-order chi connectivity index (χ1) is 9.55. The predicted octanol–water partition coefficient (Wildman–Crippen LogP) is 4.85. The van der Waals surface area contributed by atoms with Gasteiger partial charge in [0.25, 0.3) is 0 Å². The van der Waals surface area contributed by atoms with Crippen molar-refractivity contribution in [2.24, 2.45) is 0 Å². The highest BCUT2D eigenvalue weighted by molar-refractivity contribution is 9.11. The van der Waals surface area contributed by atoms with Gasteiger partial charge in [0.15, 0.2) is 0 Å². The van der Waals surface area contributed by atoms with Crippen LogP contribution in [-0.2, 0) is 5.88 Å². The van der Waals surface area contributed by atoms with Crippen LogP contribution in [0.3, 0.4) is 0 Å². The molecule has 0 saturated carbocycles. The molecule has 7 heteroatoms. The molecule has 0 N–H and O–H groups in total. The second-order valence-corrected chi connectivity index (χ2v) is 5.89. The molecule has 0 atom stereocenters. The fourth-order valence-corrected chi connectivity index (χ4v) is 2.64. The summed E-state index contributed by atoms with van der Waals surface area (Å²) < 4.78 is 12.4. The van der Waals surface area contributed by atoms with Gasteiger partial charge in [-0.2, -0.15) is 4.98 Å². The van der Waals surface area contributed by atoms with Crippen molar-refractivity contribution < 1.29 is 9.47 Å².